The summed E-state index contributed by atoms with van der Waals surface area (Å²) in [6, 6.07) is 3.08. The molecule has 0 spiro atoms. The van der Waals surface area contributed by atoms with Crippen molar-refractivity contribution in [3.05, 3.63) is 46.1 Å². The van der Waals surface area contributed by atoms with E-state index in [2.05, 4.69) is 15.5 Å². The second kappa shape index (κ2) is 7.95. The predicted octanol–water partition coefficient (Wildman–Crippen LogP) is 2.44. The number of hydrogen-bond acceptors (Lipinski definition) is 6. The second-order valence-corrected chi connectivity index (χ2v) is 6.39. The lowest BCUT2D eigenvalue weighted by atomic mass is 10.1. The van der Waals surface area contributed by atoms with E-state index >= 15 is 0 Å². The molecule has 1 fully saturated rings. The van der Waals surface area contributed by atoms with Crippen molar-refractivity contribution in [1.29, 1.82) is 0 Å². The van der Waals surface area contributed by atoms with Crippen LogP contribution in [0, 0.1) is 13.8 Å². The molecule has 0 aromatic carbocycles. The second-order valence-electron chi connectivity index (χ2n) is 5.96. The summed E-state index contributed by atoms with van der Waals surface area (Å²) < 4.78 is 16.6. The van der Waals surface area contributed by atoms with Gasteiger partial charge in [0, 0.05) is 18.4 Å². The lowest BCUT2D eigenvalue weighted by molar-refractivity contribution is -0.0739. The molecule has 2 atom stereocenters. The molecule has 134 valence electrons. The zero-order valence-electron chi connectivity index (χ0n) is 14.1. The molecule has 0 unspecified atom stereocenters. The van der Waals surface area contributed by atoms with Crippen LogP contribution in [0.4, 0.5) is 0 Å². The number of carbonyl (C=O) groups is 1. The summed E-state index contributed by atoms with van der Waals surface area (Å²) in [5.74, 6) is 0.481. The van der Waals surface area contributed by atoms with E-state index in [0.29, 0.717) is 37.0 Å². The van der Waals surface area contributed by atoms with E-state index in [9.17, 15) is 4.79 Å². The first-order valence-corrected chi connectivity index (χ1v) is 8.46. The van der Waals surface area contributed by atoms with Crippen molar-refractivity contribution in [1.82, 2.24) is 15.5 Å². The predicted molar refractivity (Wildman–Crippen MR) is 90.5 cm³/mol. The third-order valence-electron chi connectivity index (χ3n) is 4.20. The summed E-state index contributed by atoms with van der Waals surface area (Å²) in [7, 11) is 0. The highest BCUT2D eigenvalue weighted by Gasteiger charge is 2.29. The highest BCUT2D eigenvalue weighted by molar-refractivity contribution is 6.30. The van der Waals surface area contributed by atoms with Crippen molar-refractivity contribution in [2.45, 2.75) is 39.0 Å². The molecule has 1 amide bonds. The van der Waals surface area contributed by atoms with E-state index in [0.717, 1.165) is 17.0 Å². The van der Waals surface area contributed by atoms with Crippen LogP contribution in [-0.2, 0) is 16.1 Å². The molecule has 1 saturated heterocycles. The van der Waals surface area contributed by atoms with Gasteiger partial charge >= 0.3 is 0 Å². The van der Waals surface area contributed by atoms with Gasteiger partial charge in [-0.3, -0.25) is 4.79 Å². The molecule has 3 rings (SSSR count). The maximum Gasteiger partial charge on any atom is 0.270 e. The Morgan fingerprint density at radius 2 is 2.28 bits per heavy atom. The number of hydrogen-bond donors (Lipinski definition) is 1. The van der Waals surface area contributed by atoms with Crippen molar-refractivity contribution in [3.63, 3.8) is 0 Å². The molecule has 1 aliphatic heterocycles. The van der Waals surface area contributed by atoms with E-state index in [1.807, 2.05) is 13.8 Å². The lowest BCUT2D eigenvalue weighted by Gasteiger charge is -2.32. The van der Waals surface area contributed by atoms with Crippen molar-refractivity contribution >= 4 is 17.5 Å². The van der Waals surface area contributed by atoms with Gasteiger partial charge in [-0.2, -0.15) is 0 Å². The normalized spacial score (nSPS) is 20.4. The summed E-state index contributed by atoms with van der Waals surface area (Å²) in [5.41, 5.74) is 2.05. The van der Waals surface area contributed by atoms with E-state index in [1.54, 1.807) is 12.1 Å². The van der Waals surface area contributed by atoms with Crippen molar-refractivity contribution < 1.29 is 18.8 Å². The molecule has 25 heavy (non-hydrogen) atoms. The van der Waals surface area contributed by atoms with E-state index in [-0.39, 0.29) is 18.1 Å². The van der Waals surface area contributed by atoms with Crippen LogP contribution in [0.2, 0.25) is 5.02 Å². The Kier molecular flexibility index (Phi) is 5.67. The number of rotatable bonds is 5. The standard InChI is InChI=1S/C17H20ClN3O4/c1-10-13(11(2)25-21-10)8-24-16-9-23-6-5-14(16)20-17(22)15-4-3-12(18)7-19-15/h3-4,7,14,16H,5-6,8-9H2,1-2H3,(H,20,22)/t14-,16-/m1/s1. The molecule has 1 N–H and O–H groups in total. The Morgan fingerprint density at radius 1 is 1.44 bits per heavy atom. The van der Waals surface area contributed by atoms with Gasteiger partial charge in [0.15, 0.2) is 0 Å². The maximum atomic E-state index is 12.4. The first kappa shape index (κ1) is 17.8. The summed E-state index contributed by atoms with van der Waals surface area (Å²) >= 11 is 5.80. The van der Waals surface area contributed by atoms with Gasteiger partial charge in [0.2, 0.25) is 0 Å². The maximum absolute atomic E-state index is 12.4. The fourth-order valence-corrected chi connectivity index (χ4v) is 2.80. The number of nitrogens with zero attached hydrogens (tertiary/aromatic N) is 2. The van der Waals surface area contributed by atoms with Crippen LogP contribution in [0.15, 0.2) is 22.9 Å². The highest BCUT2D eigenvalue weighted by Crippen LogP contribution is 2.18. The van der Waals surface area contributed by atoms with Gasteiger partial charge < -0.3 is 19.3 Å². The Balaban J connectivity index is 1.62. The minimum absolute atomic E-state index is 0.154. The molecule has 3 heterocycles. The summed E-state index contributed by atoms with van der Waals surface area (Å²) in [4.78, 5) is 16.4. The monoisotopic (exact) mass is 365 g/mol. The fraction of sp³-hybridized carbons (Fsp3) is 0.471. The van der Waals surface area contributed by atoms with E-state index in [4.69, 9.17) is 25.6 Å². The number of pyridine rings is 1. The minimum Gasteiger partial charge on any atom is -0.379 e. The lowest BCUT2D eigenvalue weighted by Crippen LogP contribution is -2.50. The zero-order valence-corrected chi connectivity index (χ0v) is 14.9. The van der Waals surface area contributed by atoms with Crippen LogP contribution in [0.3, 0.4) is 0 Å². The summed E-state index contributed by atoms with van der Waals surface area (Å²) in [5, 5.41) is 7.38. The van der Waals surface area contributed by atoms with E-state index in [1.165, 1.54) is 6.20 Å². The number of aryl methyl sites for hydroxylation is 2. The van der Waals surface area contributed by atoms with Gasteiger partial charge in [-0.05, 0) is 32.4 Å². The molecule has 2 aromatic rings. The molecule has 0 radical (unpaired) electrons. The highest BCUT2D eigenvalue weighted by atomic mass is 35.5. The minimum atomic E-state index is -0.255. The molecule has 7 nitrogen and oxygen atoms in total. The largest absolute Gasteiger partial charge is 0.379 e. The van der Waals surface area contributed by atoms with Crippen molar-refractivity contribution in [2.24, 2.45) is 0 Å². The van der Waals surface area contributed by atoms with E-state index < -0.39 is 0 Å². The van der Waals surface area contributed by atoms with Gasteiger partial charge in [0.25, 0.3) is 5.91 Å². The van der Waals surface area contributed by atoms with Gasteiger partial charge in [-0.25, -0.2) is 4.98 Å². The third-order valence-corrected chi connectivity index (χ3v) is 4.43. The van der Waals surface area contributed by atoms with Crippen LogP contribution >= 0.6 is 11.6 Å². The van der Waals surface area contributed by atoms with Crippen LogP contribution in [0.5, 0.6) is 0 Å². The first-order chi connectivity index (χ1) is 12.0. The molecule has 0 bridgehead atoms. The SMILES string of the molecule is Cc1noc(C)c1CO[C@@H]1COCC[C@H]1NC(=O)c1ccc(Cl)cn1. The Hall–Kier alpha value is -1.96. The number of halogens is 1. The Morgan fingerprint density at radius 3 is 2.96 bits per heavy atom. The Labute approximate surface area is 150 Å². The van der Waals surface area contributed by atoms with Gasteiger partial charge in [-0.15, -0.1) is 0 Å². The number of nitrogens with one attached hydrogen (secondary N) is 1. The molecular formula is C17H20ClN3O4. The molecule has 0 aliphatic carbocycles. The number of amides is 1. The quantitative estimate of drug-likeness (QED) is 0.875. The van der Waals surface area contributed by atoms with Crippen molar-refractivity contribution in [3.8, 4) is 0 Å². The topological polar surface area (TPSA) is 86.5 Å². The van der Waals surface area contributed by atoms with Crippen LogP contribution in [0.1, 0.15) is 33.9 Å². The number of ether oxygens (including phenoxy) is 2. The first-order valence-electron chi connectivity index (χ1n) is 8.08. The summed E-state index contributed by atoms with van der Waals surface area (Å²) in [6.07, 6.45) is 1.87. The molecular weight excluding hydrogens is 346 g/mol. The van der Waals surface area contributed by atoms with Gasteiger partial charge in [0.05, 0.1) is 30.0 Å². The van der Waals surface area contributed by atoms with Crippen molar-refractivity contribution in [2.75, 3.05) is 13.2 Å². The van der Waals surface area contributed by atoms with Crippen LogP contribution in [0.25, 0.3) is 0 Å². The average Bonchev–Trinajstić information content (AvgIpc) is 2.93. The number of aromatic nitrogens is 2. The Bertz CT molecular complexity index is 712. The molecule has 0 saturated carbocycles. The molecule has 8 heteroatoms. The summed E-state index contributed by atoms with van der Waals surface area (Å²) in [6.45, 7) is 5.08. The number of carbonyl (C=O) groups excluding carboxylic acids is 1. The molecule has 2 aromatic heterocycles. The van der Waals surface area contributed by atoms with Gasteiger partial charge in [-0.1, -0.05) is 16.8 Å². The van der Waals surface area contributed by atoms with Crippen LogP contribution < -0.4 is 5.32 Å². The third kappa shape index (κ3) is 4.36. The zero-order chi connectivity index (χ0) is 17.8. The van der Waals surface area contributed by atoms with Crippen LogP contribution in [-0.4, -0.2) is 41.4 Å². The van der Waals surface area contributed by atoms with Gasteiger partial charge in [0.1, 0.15) is 17.6 Å². The fourth-order valence-electron chi connectivity index (χ4n) is 2.69. The molecule has 1 aliphatic rings. The average molecular weight is 366 g/mol. The smallest absolute Gasteiger partial charge is 0.270 e.